The van der Waals surface area contributed by atoms with Crippen molar-refractivity contribution in [3.8, 4) is 5.95 Å². The maximum absolute atomic E-state index is 6.26. The molecule has 25 heavy (non-hydrogen) atoms. The Labute approximate surface area is 154 Å². The summed E-state index contributed by atoms with van der Waals surface area (Å²) in [4.78, 5) is 15.5. The van der Waals surface area contributed by atoms with Gasteiger partial charge in [-0.1, -0.05) is 23.2 Å². The Hall–Kier alpha value is -2.09. The first-order valence-corrected chi connectivity index (χ1v) is 8.61. The number of aromatic nitrogens is 4. The summed E-state index contributed by atoms with van der Waals surface area (Å²) < 4.78 is 7.16. The van der Waals surface area contributed by atoms with Gasteiger partial charge in [-0.25, -0.2) is 14.5 Å². The highest BCUT2D eigenvalue weighted by Gasteiger charge is 2.22. The summed E-state index contributed by atoms with van der Waals surface area (Å²) in [5.41, 5.74) is 7.54. The molecule has 1 fully saturated rings. The number of rotatable bonds is 2. The zero-order valence-corrected chi connectivity index (χ0v) is 15.0. The number of imidazole rings is 1. The van der Waals surface area contributed by atoms with Crippen LogP contribution in [-0.4, -0.2) is 45.3 Å². The molecule has 4 rings (SSSR count). The summed E-state index contributed by atoms with van der Waals surface area (Å²) in [6, 6.07) is 7.31. The monoisotopic (exact) mass is 378 g/mol. The molecule has 2 N–H and O–H groups in total. The van der Waals surface area contributed by atoms with E-state index >= 15 is 0 Å². The fraction of sp³-hybridized carbons (Fsp3) is 0.312. The lowest BCUT2D eigenvalue weighted by molar-refractivity contribution is 0.0985. The van der Waals surface area contributed by atoms with E-state index in [0.29, 0.717) is 34.9 Å². The van der Waals surface area contributed by atoms with Crippen LogP contribution in [0.1, 0.15) is 6.92 Å². The molecule has 1 aliphatic heterocycles. The number of halogens is 2. The number of anilines is 2. The fourth-order valence-corrected chi connectivity index (χ4v) is 3.33. The minimum Gasteiger partial charge on any atom is -0.377 e. The van der Waals surface area contributed by atoms with Crippen molar-refractivity contribution in [3.63, 3.8) is 0 Å². The molecule has 0 amide bonds. The molecule has 1 saturated heterocycles. The minimum atomic E-state index is 0.197. The average molecular weight is 379 g/mol. The van der Waals surface area contributed by atoms with Crippen molar-refractivity contribution in [2.24, 2.45) is 0 Å². The number of fused-ring (bicyclic) bond motifs is 1. The maximum Gasteiger partial charge on any atom is 0.240 e. The summed E-state index contributed by atoms with van der Waals surface area (Å²) in [6.45, 7) is 4.11. The second-order valence-electron chi connectivity index (χ2n) is 5.90. The van der Waals surface area contributed by atoms with Gasteiger partial charge in [0.25, 0.3) is 0 Å². The van der Waals surface area contributed by atoms with Gasteiger partial charge in [0.1, 0.15) is 11.0 Å². The largest absolute Gasteiger partial charge is 0.377 e. The van der Waals surface area contributed by atoms with Gasteiger partial charge in [-0.15, -0.1) is 0 Å². The Morgan fingerprint density at radius 2 is 2.04 bits per heavy atom. The van der Waals surface area contributed by atoms with Gasteiger partial charge in [0, 0.05) is 17.6 Å². The molecule has 0 spiro atoms. The minimum absolute atomic E-state index is 0.197. The molecule has 2 aromatic heterocycles. The highest BCUT2D eigenvalue weighted by atomic mass is 35.5. The smallest absolute Gasteiger partial charge is 0.240 e. The molecular weight excluding hydrogens is 363 g/mol. The Morgan fingerprint density at radius 3 is 2.84 bits per heavy atom. The van der Waals surface area contributed by atoms with Gasteiger partial charge in [-0.3, -0.25) is 0 Å². The van der Waals surface area contributed by atoms with Gasteiger partial charge < -0.3 is 15.4 Å². The van der Waals surface area contributed by atoms with Crippen molar-refractivity contribution in [1.29, 1.82) is 0 Å². The third-order valence-electron chi connectivity index (χ3n) is 4.17. The standard InChI is InChI=1S/C16H16Cl2N6O/c1-9-8-25-5-4-23(9)14-7-13(18)21-16(22-14)24-12-3-2-10(17)6-11(12)20-15(24)19/h2-3,6-7,9H,4-5,8H2,1H3,(H2,19,20)/t9-/m1/s1. The summed E-state index contributed by atoms with van der Waals surface area (Å²) in [6.07, 6.45) is 0. The Balaban J connectivity index is 1.85. The van der Waals surface area contributed by atoms with Crippen LogP contribution in [-0.2, 0) is 4.74 Å². The molecule has 3 heterocycles. The van der Waals surface area contributed by atoms with Gasteiger partial charge in [0.15, 0.2) is 0 Å². The fourth-order valence-electron chi connectivity index (χ4n) is 2.99. The van der Waals surface area contributed by atoms with Crippen LogP contribution < -0.4 is 10.6 Å². The molecule has 0 unspecified atom stereocenters. The van der Waals surface area contributed by atoms with Gasteiger partial charge in [0.05, 0.1) is 30.3 Å². The molecule has 7 nitrogen and oxygen atoms in total. The first-order valence-electron chi connectivity index (χ1n) is 7.86. The quantitative estimate of drug-likeness (QED) is 0.690. The zero-order valence-electron chi connectivity index (χ0n) is 13.5. The van der Waals surface area contributed by atoms with Crippen molar-refractivity contribution in [1.82, 2.24) is 19.5 Å². The Morgan fingerprint density at radius 1 is 1.20 bits per heavy atom. The van der Waals surface area contributed by atoms with E-state index in [-0.39, 0.29) is 12.0 Å². The van der Waals surface area contributed by atoms with Crippen LogP contribution in [0.4, 0.5) is 11.8 Å². The van der Waals surface area contributed by atoms with Crippen LogP contribution in [0, 0.1) is 0 Å². The van der Waals surface area contributed by atoms with E-state index in [4.69, 9.17) is 33.7 Å². The Kier molecular flexibility index (Phi) is 4.15. The first-order chi connectivity index (χ1) is 12.0. The molecular formula is C16H16Cl2N6O. The van der Waals surface area contributed by atoms with Crippen molar-refractivity contribution in [2.75, 3.05) is 30.4 Å². The van der Waals surface area contributed by atoms with Crippen molar-refractivity contribution in [3.05, 3.63) is 34.4 Å². The lowest BCUT2D eigenvalue weighted by Crippen LogP contribution is -2.44. The van der Waals surface area contributed by atoms with Crippen molar-refractivity contribution < 1.29 is 4.74 Å². The van der Waals surface area contributed by atoms with E-state index in [9.17, 15) is 0 Å². The van der Waals surface area contributed by atoms with Crippen LogP contribution in [0.3, 0.4) is 0 Å². The third kappa shape index (κ3) is 2.99. The lowest BCUT2D eigenvalue weighted by atomic mass is 10.2. The molecule has 3 aromatic rings. The number of benzene rings is 1. The highest BCUT2D eigenvalue weighted by Crippen LogP contribution is 2.27. The normalized spacial score (nSPS) is 18.0. The van der Waals surface area contributed by atoms with Crippen molar-refractivity contribution in [2.45, 2.75) is 13.0 Å². The van der Waals surface area contributed by atoms with E-state index in [0.717, 1.165) is 17.9 Å². The highest BCUT2D eigenvalue weighted by molar-refractivity contribution is 6.31. The number of nitrogen functional groups attached to an aromatic ring is 1. The molecule has 0 saturated carbocycles. The molecule has 0 bridgehead atoms. The lowest BCUT2D eigenvalue weighted by Gasteiger charge is -2.34. The van der Waals surface area contributed by atoms with E-state index in [1.807, 2.05) is 6.07 Å². The number of hydrogen-bond donors (Lipinski definition) is 1. The van der Waals surface area contributed by atoms with Gasteiger partial charge >= 0.3 is 0 Å². The Bertz CT molecular complexity index is 944. The molecule has 0 aliphatic carbocycles. The second-order valence-corrected chi connectivity index (χ2v) is 6.73. The number of hydrogen-bond acceptors (Lipinski definition) is 6. The van der Waals surface area contributed by atoms with E-state index < -0.39 is 0 Å². The van der Waals surface area contributed by atoms with E-state index in [1.54, 1.807) is 22.8 Å². The number of nitrogens with zero attached hydrogens (tertiary/aromatic N) is 5. The van der Waals surface area contributed by atoms with Crippen molar-refractivity contribution >= 4 is 46.0 Å². The van der Waals surface area contributed by atoms with Crippen LogP contribution >= 0.6 is 23.2 Å². The summed E-state index contributed by atoms with van der Waals surface area (Å²) in [5, 5.41) is 0.931. The summed E-state index contributed by atoms with van der Waals surface area (Å²) in [5.74, 6) is 1.39. The summed E-state index contributed by atoms with van der Waals surface area (Å²) >= 11 is 12.3. The van der Waals surface area contributed by atoms with Gasteiger partial charge in [-0.05, 0) is 25.1 Å². The first kappa shape index (κ1) is 16.4. The van der Waals surface area contributed by atoms with Gasteiger partial charge in [0.2, 0.25) is 11.9 Å². The number of ether oxygens (including phenoxy) is 1. The van der Waals surface area contributed by atoms with Crippen LogP contribution in [0.15, 0.2) is 24.3 Å². The van der Waals surface area contributed by atoms with Gasteiger partial charge in [-0.2, -0.15) is 4.98 Å². The van der Waals surface area contributed by atoms with Crippen LogP contribution in [0.2, 0.25) is 10.2 Å². The van der Waals surface area contributed by atoms with E-state index in [1.165, 1.54) is 0 Å². The topological polar surface area (TPSA) is 82.1 Å². The van der Waals surface area contributed by atoms with E-state index in [2.05, 4.69) is 26.8 Å². The van der Waals surface area contributed by atoms with Crippen LogP contribution in [0.5, 0.6) is 0 Å². The molecule has 1 atom stereocenters. The second kappa shape index (κ2) is 6.33. The average Bonchev–Trinajstić information content (AvgIpc) is 2.89. The predicted molar refractivity (Wildman–Crippen MR) is 98.7 cm³/mol. The SMILES string of the molecule is C[C@@H]1COCCN1c1cc(Cl)nc(-n2c(N)nc3cc(Cl)ccc32)n1. The molecule has 1 aromatic carbocycles. The third-order valence-corrected chi connectivity index (χ3v) is 4.60. The number of nitrogens with two attached hydrogens (primary N) is 1. The molecule has 1 aliphatic rings. The molecule has 130 valence electrons. The predicted octanol–water partition coefficient (Wildman–Crippen LogP) is 2.93. The number of morpholine rings is 1. The molecule has 9 heteroatoms. The summed E-state index contributed by atoms with van der Waals surface area (Å²) in [7, 11) is 0. The molecule has 0 radical (unpaired) electrons. The zero-order chi connectivity index (χ0) is 17.6. The van der Waals surface area contributed by atoms with Crippen LogP contribution in [0.25, 0.3) is 17.0 Å². The maximum atomic E-state index is 6.26.